The minimum atomic E-state index is -1.80. The molecule has 2 bridgehead atoms. The number of hydrogen-bond acceptors (Lipinski definition) is 4. The van der Waals surface area contributed by atoms with Crippen molar-refractivity contribution in [1.29, 1.82) is 0 Å². The number of nitrogens with zero attached hydrogens (tertiary/aromatic N) is 1. The Bertz CT molecular complexity index is 712. The van der Waals surface area contributed by atoms with Gasteiger partial charge in [-0.05, 0) is 49.9 Å². The molecular formula is C22H25NO3. The zero-order chi connectivity index (χ0) is 18.1. The summed E-state index contributed by atoms with van der Waals surface area (Å²) >= 11 is 0. The second kappa shape index (κ2) is 6.86. The van der Waals surface area contributed by atoms with E-state index >= 15 is 0 Å². The summed E-state index contributed by atoms with van der Waals surface area (Å²) in [5, 5.41) is 11.5. The van der Waals surface area contributed by atoms with E-state index in [-0.39, 0.29) is 12.1 Å². The van der Waals surface area contributed by atoms with Crippen LogP contribution < -0.4 is 0 Å². The molecule has 0 aliphatic carbocycles. The van der Waals surface area contributed by atoms with E-state index in [9.17, 15) is 9.90 Å². The molecule has 3 aliphatic heterocycles. The summed E-state index contributed by atoms with van der Waals surface area (Å²) in [4.78, 5) is 15.6. The predicted octanol–water partition coefficient (Wildman–Crippen LogP) is 2.95. The Kier molecular flexibility index (Phi) is 4.55. The molecule has 0 unspecified atom stereocenters. The molecule has 3 saturated heterocycles. The molecule has 2 aromatic rings. The third-order valence-electron chi connectivity index (χ3n) is 6.01. The average molecular weight is 351 g/mol. The normalized spacial score (nSPS) is 27.9. The van der Waals surface area contributed by atoms with Crippen LogP contribution in [0.2, 0.25) is 0 Å². The molecule has 0 aromatic heterocycles. The highest BCUT2D eigenvalue weighted by Crippen LogP contribution is 2.37. The van der Waals surface area contributed by atoms with E-state index in [0.29, 0.717) is 17.0 Å². The number of piperidine rings is 3. The summed E-state index contributed by atoms with van der Waals surface area (Å²) in [5.41, 5.74) is -0.732. The van der Waals surface area contributed by atoms with Crippen molar-refractivity contribution in [2.45, 2.75) is 37.5 Å². The molecule has 0 spiro atoms. The Morgan fingerprint density at radius 2 is 1.50 bits per heavy atom. The van der Waals surface area contributed by atoms with Gasteiger partial charge in [0.15, 0.2) is 0 Å². The molecular weight excluding hydrogens is 326 g/mol. The topological polar surface area (TPSA) is 49.8 Å². The van der Waals surface area contributed by atoms with E-state index in [0.717, 1.165) is 25.9 Å². The SMILES string of the molecule is C[C@@H]1[C@H](OC(=O)C(O)(c2ccccc2)c2ccccc2)C2CCN1CC2. The van der Waals surface area contributed by atoms with E-state index < -0.39 is 11.6 Å². The summed E-state index contributed by atoms with van der Waals surface area (Å²) in [6.45, 7) is 4.26. The Hall–Kier alpha value is -2.17. The Balaban J connectivity index is 1.67. The summed E-state index contributed by atoms with van der Waals surface area (Å²) in [6, 6.07) is 18.3. The van der Waals surface area contributed by atoms with Gasteiger partial charge in [0, 0.05) is 6.04 Å². The van der Waals surface area contributed by atoms with Crippen molar-refractivity contribution in [2.75, 3.05) is 13.1 Å². The summed E-state index contributed by atoms with van der Waals surface area (Å²) in [6.07, 6.45) is 1.94. The minimum absolute atomic E-state index is 0.163. The highest BCUT2D eigenvalue weighted by molar-refractivity contribution is 5.85. The van der Waals surface area contributed by atoms with Crippen molar-refractivity contribution in [2.24, 2.45) is 5.92 Å². The monoisotopic (exact) mass is 351 g/mol. The van der Waals surface area contributed by atoms with Crippen molar-refractivity contribution < 1.29 is 14.6 Å². The standard InChI is InChI=1S/C22H25NO3/c1-16-20(17-12-14-23(16)15-13-17)26-21(24)22(25,18-8-4-2-5-9-18)19-10-6-3-7-11-19/h2-11,16-17,20,25H,12-15H2,1H3/t16-,20+/m1/s1. The molecule has 0 radical (unpaired) electrons. The molecule has 4 heteroatoms. The lowest BCUT2D eigenvalue weighted by atomic mass is 9.80. The maximum Gasteiger partial charge on any atom is 0.348 e. The average Bonchev–Trinajstić information content (AvgIpc) is 2.71. The molecule has 0 amide bonds. The Morgan fingerprint density at radius 1 is 1.00 bits per heavy atom. The number of ether oxygens (including phenoxy) is 1. The molecule has 26 heavy (non-hydrogen) atoms. The van der Waals surface area contributed by atoms with Crippen molar-refractivity contribution in [1.82, 2.24) is 4.90 Å². The minimum Gasteiger partial charge on any atom is -0.458 e. The van der Waals surface area contributed by atoms with Crippen LogP contribution in [0.3, 0.4) is 0 Å². The van der Waals surface area contributed by atoms with Crippen molar-refractivity contribution in [3.63, 3.8) is 0 Å². The third-order valence-corrected chi connectivity index (χ3v) is 6.01. The first kappa shape index (κ1) is 17.3. The van der Waals surface area contributed by atoms with Gasteiger partial charge in [-0.1, -0.05) is 60.7 Å². The lowest BCUT2D eigenvalue weighted by Crippen LogP contribution is -2.58. The van der Waals surface area contributed by atoms with Gasteiger partial charge in [0.05, 0.1) is 0 Å². The fourth-order valence-electron chi connectivity index (χ4n) is 4.42. The molecule has 2 aromatic carbocycles. The lowest BCUT2D eigenvalue weighted by Gasteiger charge is -2.49. The molecule has 3 aliphatic rings. The fraction of sp³-hybridized carbons (Fsp3) is 0.409. The van der Waals surface area contributed by atoms with E-state index in [1.165, 1.54) is 0 Å². The summed E-state index contributed by atoms with van der Waals surface area (Å²) in [5.74, 6) is -0.199. The van der Waals surface area contributed by atoms with Gasteiger partial charge in [-0.2, -0.15) is 0 Å². The van der Waals surface area contributed by atoms with Gasteiger partial charge in [0.25, 0.3) is 0 Å². The highest BCUT2D eigenvalue weighted by atomic mass is 16.6. The second-order valence-electron chi connectivity index (χ2n) is 7.43. The van der Waals surface area contributed by atoms with Crippen molar-refractivity contribution >= 4 is 5.97 Å². The van der Waals surface area contributed by atoms with Crippen LogP contribution in [0.5, 0.6) is 0 Å². The Labute approximate surface area is 154 Å². The number of esters is 1. The summed E-state index contributed by atoms with van der Waals surface area (Å²) in [7, 11) is 0. The number of rotatable bonds is 4. The Morgan fingerprint density at radius 3 is 1.96 bits per heavy atom. The second-order valence-corrected chi connectivity index (χ2v) is 7.43. The highest BCUT2D eigenvalue weighted by Gasteiger charge is 2.47. The van der Waals surface area contributed by atoms with E-state index in [2.05, 4.69) is 11.8 Å². The zero-order valence-corrected chi connectivity index (χ0v) is 15.0. The zero-order valence-electron chi connectivity index (χ0n) is 15.0. The van der Waals surface area contributed by atoms with Gasteiger partial charge in [-0.3, -0.25) is 4.90 Å². The number of carbonyl (C=O) groups is 1. The first-order valence-corrected chi connectivity index (χ1v) is 9.39. The first-order chi connectivity index (χ1) is 12.6. The molecule has 3 heterocycles. The van der Waals surface area contributed by atoms with E-state index in [1.807, 2.05) is 36.4 Å². The number of carbonyl (C=O) groups excluding carboxylic acids is 1. The number of fused-ring (bicyclic) bond motifs is 3. The number of benzene rings is 2. The van der Waals surface area contributed by atoms with Crippen LogP contribution in [-0.4, -0.2) is 41.2 Å². The number of hydrogen-bond donors (Lipinski definition) is 1. The molecule has 1 N–H and O–H groups in total. The smallest absolute Gasteiger partial charge is 0.348 e. The lowest BCUT2D eigenvalue weighted by molar-refractivity contribution is -0.182. The third kappa shape index (κ3) is 2.83. The van der Waals surface area contributed by atoms with Crippen LogP contribution in [0, 0.1) is 5.92 Å². The van der Waals surface area contributed by atoms with E-state index in [4.69, 9.17) is 4.74 Å². The van der Waals surface area contributed by atoms with Gasteiger partial charge in [-0.25, -0.2) is 4.79 Å². The number of aliphatic hydroxyl groups is 1. The van der Waals surface area contributed by atoms with Gasteiger partial charge >= 0.3 is 5.97 Å². The maximum absolute atomic E-state index is 13.3. The molecule has 0 saturated carbocycles. The van der Waals surface area contributed by atoms with Gasteiger partial charge in [0.2, 0.25) is 5.60 Å². The predicted molar refractivity (Wildman–Crippen MR) is 99.5 cm³/mol. The van der Waals surface area contributed by atoms with Crippen LogP contribution in [0.15, 0.2) is 60.7 Å². The van der Waals surface area contributed by atoms with E-state index in [1.54, 1.807) is 24.3 Å². The molecule has 136 valence electrons. The van der Waals surface area contributed by atoms with Crippen molar-refractivity contribution in [3.05, 3.63) is 71.8 Å². The quantitative estimate of drug-likeness (QED) is 0.861. The van der Waals surface area contributed by atoms with Crippen LogP contribution in [0.4, 0.5) is 0 Å². The summed E-state index contributed by atoms with van der Waals surface area (Å²) < 4.78 is 5.98. The van der Waals surface area contributed by atoms with Gasteiger partial charge in [-0.15, -0.1) is 0 Å². The van der Waals surface area contributed by atoms with Crippen molar-refractivity contribution in [3.8, 4) is 0 Å². The maximum atomic E-state index is 13.3. The fourth-order valence-corrected chi connectivity index (χ4v) is 4.42. The van der Waals surface area contributed by atoms with Gasteiger partial charge < -0.3 is 9.84 Å². The van der Waals surface area contributed by atoms with Gasteiger partial charge in [0.1, 0.15) is 6.10 Å². The van der Waals surface area contributed by atoms with Crippen LogP contribution in [0.1, 0.15) is 30.9 Å². The largest absolute Gasteiger partial charge is 0.458 e. The molecule has 2 atom stereocenters. The van der Waals surface area contributed by atoms with Crippen LogP contribution in [-0.2, 0) is 15.1 Å². The van der Waals surface area contributed by atoms with Crippen LogP contribution >= 0.6 is 0 Å². The first-order valence-electron chi connectivity index (χ1n) is 9.39. The van der Waals surface area contributed by atoms with Crippen LogP contribution in [0.25, 0.3) is 0 Å². The molecule has 5 rings (SSSR count). The molecule has 4 nitrogen and oxygen atoms in total. The molecule has 3 fully saturated rings.